The number of pyridine rings is 1. The number of imidazole rings is 1. The molecule has 0 saturated carbocycles. The normalized spacial score (nSPS) is 11.1. The van der Waals surface area contributed by atoms with E-state index in [-0.39, 0.29) is 0 Å². The molecule has 74 valence electrons. The Kier molecular flexibility index (Phi) is 2.25. The van der Waals surface area contributed by atoms with Gasteiger partial charge < -0.3 is 9.72 Å². The number of aromatic nitrogens is 2. The molecule has 2 aromatic heterocycles. The summed E-state index contributed by atoms with van der Waals surface area (Å²) in [5, 5.41) is 3.15. The number of rotatable bonds is 2. The van der Waals surface area contributed by atoms with Crippen LogP contribution in [0, 0.1) is 13.8 Å². The van der Waals surface area contributed by atoms with Crippen LogP contribution < -0.4 is 5.32 Å². The van der Waals surface area contributed by atoms with Crippen LogP contribution >= 0.6 is 0 Å². The fourth-order valence-corrected chi connectivity index (χ4v) is 1.77. The highest BCUT2D eigenvalue weighted by Gasteiger charge is 2.03. The van der Waals surface area contributed by atoms with Gasteiger partial charge in [0.05, 0.1) is 11.2 Å². The van der Waals surface area contributed by atoms with Gasteiger partial charge in [0.2, 0.25) is 0 Å². The average Bonchev–Trinajstić information content (AvgIpc) is 2.43. The van der Waals surface area contributed by atoms with Crippen molar-refractivity contribution in [3.63, 3.8) is 0 Å². The van der Waals surface area contributed by atoms with Gasteiger partial charge in [0.25, 0.3) is 0 Å². The minimum absolute atomic E-state index is 0.903. The molecule has 0 atom stereocenters. The zero-order chi connectivity index (χ0) is 10.1. The van der Waals surface area contributed by atoms with E-state index in [1.54, 1.807) is 0 Å². The maximum absolute atomic E-state index is 4.43. The fourth-order valence-electron chi connectivity index (χ4n) is 1.77. The Balaban J connectivity index is 2.59. The lowest BCUT2D eigenvalue weighted by Gasteiger charge is -2.02. The maximum Gasteiger partial charge on any atom is 0.110 e. The first-order chi connectivity index (χ1) is 6.72. The van der Waals surface area contributed by atoms with E-state index in [9.17, 15) is 0 Å². The van der Waals surface area contributed by atoms with Crippen molar-refractivity contribution >= 4 is 5.52 Å². The van der Waals surface area contributed by atoms with E-state index in [1.165, 1.54) is 11.1 Å². The van der Waals surface area contributed by atoms with E-state index in [4.69, 9.17) is 0 Å². The average molecular weight is 189 g/mol. The number of aryl methyl sites for hydroxylation is 2. The number of fused-ring (bicyclic) bond motifs is 1. The molecular formula is C11H15N3. The molecule has 0 spiro atoms. The summed E-state index contributed by atoms with van der Waals surface area (Å²) in [6.45, 7) is 4.98. The molecule has 0 aliphatic rings. The highest BCUT2D eigenvalue weighted by atomic mass is 15.0. The number of hydrogen-bond donors (Lipinski definition) is 1. The molecule has 1 N–H and O–H groups in total. The molecule has 0 unspecified atom stereocenters. The first-order valence-corrected chi connectivity index (χ1v) is 4.81. The molecule has 2 aromatic rings. The highest BCUT2D eigenvalue weighted by molar-refractivity contribution is 5.54. The molecule has 14 heavy (non-hydrogen) atoms. The first kappa shape index (κ1) is 9.21. The Morgan fingerprint density at radius 3 is 2.93 bits per heavy atom. The van der Waals surface area contributed by atoms with Gasteiger partial charge in [0.15, 0.2) is 0 Å². The molecule has 0 radical (unpaired) electrons. The van der Waals surface area contributed by atoms with Crippen LogP contribution in [-0.4, -0.2) is 16.4 Å². The molecule has 0 aliphatic heterocycles. The Bertz CT molecular complexity index is 457. The molecule has 0 fully saturated rings. The van der Waals surface area contributed by atoms with Crippen LogP contribution in [0.5, 0.6) is 0 Å². The lowest BCUT2D eigenvalue weighted by molar-refractivity contribution is 0.816. The van der Waals surface area contributed by atoms with Crippen molar-refractivity contribution in [3.8, 4) is 0 Å². The van der Waals surface area contributed by atoms with Crippen LogP contribution in [0.25, 0.3) is 5.52 Å². The second-order valence-electron chi connectivity index (χ2n) is 3.56. The van der Waals surface area contributed by atoms with Gasteiger partial charge in [-0.3, -0.25) is 0 Å². The lowest BCUT2D eigenvalue weighted by atomic mass is 10.2. The van der Waals surface area contributed by atoms with Crippen molar-refractivity contribution in [2.45, 2.75) is 20.4 Å². The zero-order valence-corrected chi connectivity index (χ0v) is 8.83. The minimum atomic E-state index is 0.903. The molecule has 0 saturated heterocycles. The van der Waals surface area contributed by atoms with Gasteiger partial charge >= 0.3 is 0 Å². The standard InChI is InChI=1S/C11H15N3/c1-8-11-6-10(7-12-3)4-5-14(11)9(2)13-8/h4-6,12H,7H2,1-3H3. The van der Waals surface area contributed by atoms with Gasteiger partial charge in [-0.2, -0.15) is 0 Å². The van der Waals surface area contributed by atoms with Crippen molar-refractivity contribution in [2.75, 3.05) is 7.05 Å². The predicted molar refractivity (Wildman–Crippen MR) is 57.4 cm³/mol. The van der Waals surface area contributed by atoms with Gasteiger partial charge in [0, 0.05) is 12.7 Å². The van der Waals surface area contributed by atoms with Gasteiger partial charge in [0.1, 0.15) is 5.82 Å². The summed E-state index contributed by atoms with van der Waals surface area (Å²) in [5.41, 5.74) is 3.60. The predicted octanol–water partition coefficient (Wildman–Crippen LogP) is 1.67. The van der Waals surface area contributed by atoms with Crippen molar-refractivity contribution < 1.29 is 0 Å². The number of hydrogen-bond acceptors (Lipinski definition) is 2. The SMILES string of the molecule is CNCc1ccn2c(C)nc(C)c2c1. The van der Waals surface area contributed by atoms with E-state index >= 15 is 0 Å². The topological polar surface area (TPSA) is 29.3 Å². The van der Waals surface area contributed by atoms with Crippen LogP contribution in [0.3, 0.4) is 0 Å². The quantitative estimate of drug-likeness (QED) is 0.778. The number of nitrogens with zero attached hydrogens (tertiary/aromatic N) is 2. The van der Waals surface area contributed by atoms with E-state index in [0.717, 1.165) is 18.1 Å². The van der Waals surface area contributed by atoms with Crippen LogP contribution in [0.15, 0.2) is 18.3 Å². The molecule has 0 amide bonds. The largest absolute Gasteiger partial charge is 0.316 e. The maximum atomic E-state index is 4.43. The summed E-state index contributed by atoms with van der Waals surface area (Å²) in [6, 6.07) is 4.31. The zero-order valence-electron chi connectivity index (χ0n) is 8.83. The molecule has 3 nitrogen and oxygen atoms in total. The van der Waals surface area contributed by atoms with Gasteiger partial charge in [-0.05, 0) is 38.6 Å². The monoisotopic (exact) mass is 189 g/mol. The van der Waals surface area contributed by atoms with Crippen molar-refractivity contribution in [1.29, 1.82) is 0 Å². The van der Waals surface area contributed by atoms with Gasteiger partial charge in [-0.1, -0.05) is 0 Å². The van der Waals surface area contributed by atoms with Gasteiger partial charge in [-0.25, -0.2) is 4.98 Å². The molecule has 0 aromatic carbocycles. The van der Waals surface area contributed by atoms with Crippen LogP contribution in [0.2, 0.25) is 0 Å². The summed E-state index contributed by atoms with van der Waals surface area (Å²) in [5.74, 6) is 1.05. The smallest absolute Gasteiger partial charge is 0.110 e. The van der Waals surface area contributed by atoms with E-state index in [1.807, 2.05) is 20.9 Å². The summed E-state index contributed by atoms with van der Waals surface area (Å²) < 4.78 is 2.12. The Hall–Kier alpha value is -1.35. The van der Waals surface area contributed by atoms with Crippen molar-refractivity contribution in [1.82, 2.24) is 14.7 Å². The summed E-state index contributed by atoms with van der Waals surface area (Å²) in [7, 11) is 1.96. The summed E-state index contributed by atoms with van der Waals surface area (Å²) in [6.07, 6.45) is 2.08. The highest BCUT2D eigenvalue weighted by Crippen LogP contribution is 2.13. The third kappa shape index (κ3) is 1.40. The Morgan fingerprint density at radius 2 is 2.21 bits per heavy atom. The Labute approximate surface area is 83.8 Å². The second-order valence-corrected chi connectivity index (χ2v) is 3.56. The molecule has 3 heteroatoms. The first-order valence-electron chi connectivity index (χ1n) is 4.81. The fraction of sp³-hybridized carbons (Fsp3) is 0.364. The third-order valence-corrected chi connectivity index (χ3v) is 2.45. The molecule has 2 rings (SSSR count). The van der Waals surface area contributed by atoms with Crippen LogP contribution in [-0.2, 0) is 6.54 Å². The summed E-state index contributed by atoms with van der Waals surface area (Å²) in [4.78, 5) is 4.43. The molecular weight excluding hydrogens is 174 g/mol. The van der Waals surface area contributed by atoms with Crippen molar-refractivity contribution in [2.24, 2.45) is 0 Å². The van der Waals surface area contributed by atoms with E-state index in [0.29, 0.717) is 0 Å². The van der Waals surface area contributed by atoms with Crippen molar-refractivity contribution in [3.05, 3.63) is 35.4 Å². The molecule has 2 heterocycles. The van der Waals surface area contributed by atoms with Crippen LogP contribution in [0.4, 0.5) is 0 Å². The summed E-state index contributed by atoms with van der Waals surface area (Å²) >= 11 is 0. The third-order valence-electron chi connectivity index (χ3n) is 2.45. The minimum Gasteiger partial charge on any atom is -0.316 e. The van der Waals surface area contributed by atoms with E-state index in [2.05, 4.69) is 33.0 Å². The Morgan fingerprint density at radius 1 is 1.43 bits per heavy atom. The lowest BCUT2D eigenvalue weighted by Crippen LogP contribution is -2.05. The molecule has 0 bridgehead atoms. The number of nitrogens with one attached hydrogen (secondary N) is 1. The molecule has 0 aliphatic carbocycles. The van der Waals surface area contributed by atoms with Gasteiger partial charge in [-0.15, -0.1) is 0 Å². The van der Waals surface area contributed by atoms with E-state index < -0.39 is 0 Å². The second kappa shape index (κ2) is 3.42. The van der Waals surface area contributed by atoms with Crippen LogP contribution in [0.1, 0.15) is 17.1 Å².